The molecule has 0 spiro atoms. The number of aryl methyl sites for hydroxylation is 1. The van der Waals surface area contributed by atoms with Crippen molar-refractivity contribution in [2.24, 2.45) is 0 Å². The molecule has 1 aliphatic rings. The number of hydrogen-bond donors (Lipinski definition) is 1. The first-order chi connectivity index (χ1) is 9.67. The van der Waals surface area contributed by atoms with Crippen LogP contribution in [-0.4, -0.2) is 55.6 Å². The van der Waals surface area contributed by atoms with Crippen LogP contribution >= 0.6 is 0 Å². The molecule has 1 atom stereocenters. The Morgan fingerprint density at radius 1 is 1.25 bits per heavy atom. The van der Waals surface area contributed by atoms with E-state index in [1.807, 2.05) is 31.2 Å². The van der Waals surface area contributed by atoms with Gasteiger partial charge in [-0.1, -0.05) is 17.7 Å². The van der Waals surface area contributed by atoms with Crippen LogP contribution in [0.4, 0.5) is 0 Å². The van der Waals surface area contributed by atoms with E-state index in [0.717, 1.165) is 31.7 Å². The smallest absolute Gasteiger partial charge is 0.119 e. The van der Waals surface area contributed by atoms with Crippen LogP contribution in [0.1, 0.15) is 18.4 Å². The molecule has 2 rings (SSSR count). The van der Waals surface area contributed by atoms with E-state index in [0.29, 0.717) is 19.3 Å². The van der Waals surface area contributed by atoms with Crippen molar-refractivity contribution < 1.29 is 14.6 Å². The van der Waals surface area contributed by atoms with Crippen molar-refractivity contribution in [2.75, 3.05) is 33.4 Å². The normalized spacial score (nSPS) is 18.9. The number of methoxy groups -OCH3 is 1. The van der Waals surface area contributed by atoms with Crippen molar-refractivity contribution in [3.8, 4) is 5.75 Å². The molecular weight excluding hydrogens is 254 g/mol. The summed E-state index contributed by atoms with van der Waals surface area (Å²) in [6.07, 6.45) is 2.02. The molecule has 4 nitrogen and oxygen atoms in total. The molecule has 1 aromatic carbocycles. The lowest BCUT2D eigenvalue weighted by Crippen LogP contribution is -2.42. The molecule has 0 aromatic heterocycles. The van der Waals surface area contributed by atoms with Crippen LogP contribution in [0.2, 0.25) is 0 Å². The molecule has 20 heavy (non-hydrogen) atoms. The van der Waals surface area contributed by atoms with E-state index >= 15 is 0 Å². The van der Waals surface area contributed by atoms with E-state index in [1.54, 1.807) is 7.11 Å². The van der Waals surface area contributed by atoms with Gasteiger partial charge in [0.1, 0.15) is 18.5 Å². The Bertz CT molecular complexity index is 385. The van der Waals surface area contributed by atoms with Crippen LogP contribution < -0.4 is 4.74 Å². The number of benzene rings is 1. The van der Waals surface area contributed by atoms with Gasteiger partial charge in [0, 0.05) is 26.7 Å². The average Bonchev–Trinajstić information content (AvgIpc) is 2.47. The van der Waals surface area contributed by atoms with Gasteiger partial charge >= 0.3 is 0 Å². The van der Waals surface area contributed by atoms with Gasteiger partial charge in [0.15, 0.2) is 0 Å². The van der Waals surface area contributed by atoms with E-state index in [1.165, 1.54) is 5.56 Å². The summed E-state index contributed by atoms with van der Waals surface area (Å²) in [6, 6.07) is 7.90. The second-order valence-electron chi connectivity index (χ2n) is 5.51. The Morgan fingerprint density at radius 2 is 1.90 bits per heavy atom. The maximum absolute atomic E-state index is 10.0. The molecular formula is C16H25NO3. The second kappa shape index (κ2) is 7.62. The number of rotatable bonds is 6. The molecule has 1 aromatic rings. The minimum atomic E-state index is -0.449. The Kier molecular flexibility index (Phi) is 5.83. The van der Waals surface area contributed by atoms with Gasteiger partial charge in [-0.2, -0.15) is 0 Å². The maximum Gasteiger partial charge on any atom is 0.119 e. The molecule has 1 heterocycles. The van der Waals surface area contributed by atoms with Crippen LogP contribution in [-0.2, 0) is 4.74 Å². The number of β-amino-alcohol motifs (C(OH)–C–C–N with tert-alkyl or cyclic N) is 1. The first kappa shape index (κ1) is 15.3. The highest BCUT2D eigenvalue weighted by Crippen LogP contribution is 2.14. The Morgan fingerprint density at radius 3 is 2.50 bits per heavy atom. The van der Waals surface area contributed by atoms with E-state index in [4.69, 9.17) is 9.47 Å². The van der Waals surface area contributed by atoms with Crippen molar-refractivity contribution in [1.29, 1.82) is 0 Å². The number of aliphatic hydroxyl groups is 1. The van der Waals surface area contributed by atoms with Crippen LogP contribution in [0, 0.1) is 6.92 Å². The van der Waals surface area contributed by atoms with Crippen LogP contribution in [0.5, 0.6) is 5.75 Å². The van der Waals surface area contributed by atoms with Crippen molar-refractivity contribution in [2.45, 2.75) is 32.0 Å². The van der Waals surface area contributed by atoms with Crippen molar-refractivity contribution in [3.63, 3.8) is 0 Å². The molecule has 0 amide bonds. The standard InChI is InChI=1S/C16H25NO3/c1-13-3-5-16(6-4-13)20-12-14(18)11-17-9-7-15(19-2)8-10-17/h3-6,14-15,18H,7-12H2,1-2H3. The summed E-state index contributed by atoms with van der Waals surface area (Å²) in [5, 5.41) is 10.0. The quantitative estimate of drug-likeness (QED) is 0.863. The van der Waals surface area contributed by atoms with Gasteiger partial charge in [-0.05, 0) is 31.9 Å². The number of ether oxygens (including phenoxy) is 2. The Balaban J connectivity index is 1.68. The summed E-state index contributed by atoms with van der Waals surface area (Å²) in [6.45, 7) is 5.03. The third kappa shape index (κ3) is 4.78. The highest BCUT2D eigenvalue weighted by molar-refractivity contribution is 5.26. The molecule has 0 saturated carbocycles. The predicted molar refractivity (Wildman–Crippen MR) is 79.2 cm³/mol. The molecule has 1 unspecified atom stereocenters. The number of aliphatic hydroxyl groups excluding tert-OH is 1. The van der Waals surface area contributed by atoms with Gasteiger partial charge < -0.3 is 19.5 Å². The molecule has 1 fully saturated rings. The summed E-state index contributed by atoms with van der Waals surface area (Å²) in [5.74, 6) is 0.813. The highest BCUT2D eigenvalue weighted by atomic mass is 16.5. The van der Waals surface area contributed by atoms with Gasteiger partial charge in [-0.25, -0.2) is 0 Å². The van der Waals surface area contributed by atoms with Crippen molar-refractivity contribution >= 4 is 0 Å². The van der Waals surface area contributed by atoms with Gasteiger partial charge in [-0.3, -0.25) is 0 Å². The van der Waals surface area contributed by atoms with Gasteiger partial charge in [0.25, 0.3) is 0 Å². The van der Waals surface area contributed by atoms with Gasteiger partial charge in [-0.15, -0.1) is 0 Å². The first-order valence-corrected chi connectivity index (χ1v) is 7.30. The van der Waals surface area contributed by atoms with Crippen LogP contribution in [0.3, 0.4) is 0 Å². The Hall–Kier alpha value is -1.10. The van der Waals surface area contributed by atoms with E-state index in [9.17, 15) is 5.11 Å². The molecule has 1 saturated heterocycles. The largest absolute Gasteiger partial charge is 0.491 e. The van der Waals surface area contributed by atoms with Crippen molar-refractivity contribution in [1.82, 2.24) is 4.90 Å². The number of hydrogen-bond acceptors (Lipinski definition) is 4. The maximum atomic E-state index is 10.0. The van der Waals surface area contributed by atoms with E-state index in [2.05, 4.69) is 4.90 Å². The molecule has 4 heteroatoms. The zero-order chi connectivity index (χ0) is 14.4. The number of nitrogens with zero attached hydrogens (tertiary/aromatic N) is 1. The number of likely N-dealkylation sites (tertiary alicyclic amines) is 1. The second-order valence-corrected chi connectivity index (χ2v) is 5.51. The third-order valence-electron chi connectivity index (χ3n) is 3.80. The topological polar surface area (TPSA) is 41.9 Å². The summed E-state index contributed by atoms with van der Waals surface area (Å²) in [4.78, 5) is 2.28. The van der Waals surface area contributed by atoms with Gasteiger partial charge in [0.2, 0.25) is 0 Å². The monoisotopic (exact) mass is 279 g/mol. The summed E-state index contributed by atoms with van der Waals surface area (Å²) >= 11 is 0. The third-order valence-corrected chi connectivity index (χ3v) is 3.80. The highest BCUT2D eigenvalue weighted by Gasteiger charge is 2.20. The lowest BCUT2D eigenvalue weighted by Gasteiger charge is -2.32. The minimum Gasteiger partial charge on any atom is -0.491 e. The molecule has 1 aliphatic heterocycles. The summed E-state index contributed by atoms with van der Waals surface area (Å²) in [5.41, 5.74) is 1.21. The van der Waals surface area contributed by atoms with Crippen LogP contribution in [0.25, 0.3) is 0 Å². The Labute approximate surface area is 121 Å². The van der Waals surface area contributed by atoms with E-state index < -0.39 is 6.10 Å². The fraction of sp³-hybridized carbons (Fsp3) is 0.625. The molecule has 0 aliphatic carbocycles. The zero-order valence-electron chi connectivity index (χ0n) is 12.4. The predicted octanol–water partition coefficient (Wildman–Crippen LogP) is 1.85. The lowest BCUT2D eigenvalue weighted by molar-refractivity contribution is 0.0153. The number of piperidine rings is 1. The molecule has 1 N–H and O–H groups in total. The first-order valence-electron chi connectivity index (χ1n) is 7.30. The molecule has 0 radical (unpaired) electrons. The fourth-order valence-corrected chi connectivity index (χ4v) is 2.51. The zero-order valence-corrected chi connectivity index (χ0v) is 12.4. The van der Waals surface area contributed by atoms with Crippen LogP contribution in [0.15, 0.2) is 24.3 Å². The molecule has 112 valence electrons. The average molecular weight is 279 g/mol. The minimum absolute atomic E-state index is 0.341. The fourth-order valence-electron chi connectivity index (χ4n) is 2.51. The van der Waals surface area contributed by atoms with Gasteiger partial charge in [0.05, 0.1) is 6.10 Å². The summed E-state index contributed by atoms with van der Waals surface area (Å²) in [7, 11) is 1.77. The summed E-state index contributed by atoms with van der Waals surface area (Å²) < 4.78 is 11.0. The van der Waals surface area contributed by atoms with E-state index in [-0.39, 0.29) is 0 Å². The SMILES string of the molecule is COC1CCN(CC(O)COc2ccc(C)cc2)CC1. The molecule has 0 bridgehead atoms. The lowest BCUT2D eigenvalue weighted by atomic mass is 10.1. The van der Waals surface area contributed by atoms with Crippen molar-refractivity contribution in [3.05, 3.63) is 29.8 Å².